The molecule has 0 saturated heterocycles. The number of carbonyl (C=O) groups excluding carboxylic acids is 1. The summed E-state index contributed by atoms with van der Waals surface area (Å²) in [4.78, 5) is 17.7. The molecule has 0 atom stereocenters. The molecule has 0 radical (unpaired) electrons. The van der Waals surface area contributed by atoms with E-state index in [1.54, 1.807) is 19.2 Å². The van der Waals surface area contributed by atoms with Gasteiger partial charge in [0.2, 0.25) is 0 Å². The second-order valence-corrected chi connectivity index (χ2v) is 8.85. The molecule has 2 N–H and O–H groups in total. The third-order valence-corrected chi connectivity index (χ3v) is 6.66. The van der Waals surface area contributed by atoms with Crippen LogP contribution in [0.3, 0.4) is 0 Å². The average Bonchev–Trinajstić information content (AvgIpc) is 2.94. The van der Waals surface area contributed by atoms with Gasteiger partial charge in [0.25, 0.3) is 5.91 Å². The van der Waals surface area contributed by atoms with E-state index in [0.717, 1.165) is 25.7 Å². The number of nitriles is 1. The standard InChI is InChI=1S/C29H30N4O3/c1-35-26-15-9-8-14-25(26)27(34)31-20-29(22-10-4-2-5-11-22)18-16-23(17-19-29)33-28(32-21-30)36-24-12-6-3-7-13-24/h2-15,23H,16-20H2,1H3,(H,31,34)(H,32,33). The van der Waals surface area contributed by atoms with Crippen molar-refractivity contribution in [3.05, 3.63) is 96.1 Å². The molecule has 1 aliphatic rings. The highest BCUT2D eigenvalue weighted by molar-refractivity contribution is 5.97. The third-order valence-electron chi connectivity index (χ3n) is 6.66. The molecule has 7 heteroatoms. The average molecular weight is 483 g/mol. The third kappa shape index (κ3) is 6.02. The van der Waals surface area contributed by atoms with E-state index in [-0.39, 0.29) is 23.4 Å². The summed E-state index contributed by atoms with van der Waals surface area (Å²) in [5.41, 5.74) is 1.50. The molecule has 0 spiro atoms. The van der Waals surface area contributed by atoms with Gasteiger partial charge in [0.1, 0.15) is 11.5 Å². The van der Waals surface area contributed by atoms with E-state index in [1.165, 1.54) is 5.56 Å². The second kappa shape index (κ2) is 11.9. The first kappa shape index (κ1) is 24.8. The van der Waals surface area contributed by atoms with Gasteiger partial charge in [-0.25, -0.2) is 10.3 Å². The van der Waals surface area contributed by atoms with Crippen molar-refractivity contribution in [3.63, 3.8) is 0 Å². The lowest BCUT2D eigenvalue weighted by atomic mass is 9.68. The number of amidine groups is 1. The molecular formula is C29H30N4O3. The SMILES string of the molecule is COc1ccccc1C(=O)NCC1(c2ccccc2)CCC(N=C(NC#N)Oc2ccccc2)CC1. The van der Waals surface area contributed by atoms with Crippen LogP contribution >= 0.6 is 0 Å². The van der Waals surface area contributed by atoms with Crippen molar-refractivity contribution in [2.75, 3.05) is 13.7 Å². The van der Waals surface area contributed by atoms with Crippen LogP contribution in [0.4, 0.5) is 0 Å². The maximum Gasteiger partial charge on any atom is 0.304 e. The van der Waals surface area contributed by atoms with Gasteiger partial charge >= 0.3 is 6.02 Å². The van der Waals surface area contributed by atoms with Crippen LogP contribution in [0.5, 0.6) is 11.5 Å². The lowest BCUT2D eigenvalue weighted by Gasteiger charge is -2.40. The molecule has 3 aromatic carbocycles. The Labute approximate surface area is 211 Å². The van der Waals surface area contributed by atoms with Crippen molar-refractivity contribution in [2.24, 2.45) is 4.99 Å². The zero-order chi connectivity index (χ0) is 25.2. The number of rotatable bonds is 7. The van der Waals surface area contributed by atoms with Crippen molar-refractivity contribution in [3.8, 4) is 17.7 Å². The zero-order valence-electron chi connectivity index (χ0n) is 20.3. The Balaban J connectivity index is 1.48. The molecular weight excluding hydrogens is 452 g/mol. The number of methoxy groups -OCH3 is 1. The molecule has 0 aliphatic heterocycles. The van der Waals surface area contributed by atoms with Crippen LogP contribution in [0, 0.1) is 11.5 Å². The molecule has 1 fully saturated rings. The Kier molecular flexibility index (Phi) is 8.20. The highest BCUT2D eigenvalue weighted by atomic mass is 16.5. The number of carbonyl (C=O) groups is 1. The second-order valence-electron chi connectivity index (χ2n) is 8.85. The summed E-state index contributed by atoms with van der Waals surface area (Å²) in [6.07, 6.45) is 5.19. The van der Waals surface area contributed by atoms with Gasteiger partial charge in [-0.3, -0.25) is 4.79 Å². The fourth-order valence-electron chi connectivity index (χ4n) is 4.72. The fourth-order valence-corrected chi connectivity index (χ4v) is 4.72. The summed E-state index contributed by atoms with van der Waals surface area (Å²) in [5.74, 6) is 1.02. The van der Waals surface area contributed by atoms with Gasteiger partial charge < -0.3 is 14.8 Å². The van der Waals surface area contributed by atoms with Gasteiger partial charge in [-0.15, -0.1) is 0 Å². The van der Waals surface area contributed by atoms with E-state index < -0.39 is 0 Å². The highest BCUT2D eigenvalue weighted by Gasteiger charge is 2.37. The monoisotopic (exact) mass is 482 g/mol. The van der Waals surface area contributed by atoms with E-state index in [2.05, 4.69) is 22.8 Å². The number of benzene rings is 3. The molecule has 1 saturated carbocycles. The van der Waals surface area contributed by atoms with Gasteiger partial charge in [-0.05, 0) is 55.5 Å². The lowest BCUT2D eigenvalue weighted by Crippen LogP contribution is -2.44. The summed E-state index contributed by atoms with van der Waals surface area (Å²) >= 11 is 0. The molecule has 1 amide bonds. The molecule has 0 aromatic heterocycles. The largest absolute Gasteiger partial charge is 0.496 e. The van der Waals surface area contributed by atoms with Crippen LogP contribution in [0.1, 0.15) is 41.6 Å². The van der Waals surface area contributed by atoms with Crippen molar-refractivity contribution in [1.29, 1.82) is 5.26 Å². The molecule has 4 rings (SSSR count). The summed E-state index contributed by atoms with van der Waals surface area (Å²) in [6.45, 7) is 0.508. The molecule has 0 unspecified atom stereocenters. The number of hydrogen-bond donors (Lipinski definition) is 2. The van der Waals surface area contributed by atoms with E-state index >= 15 is 0 Å². The topological polar surface area (TPSA) is 95.7 Å². The minimum absolute atomic E-state index is 0.00585. The maximum absolute atomic E-state index is 13.0. The Morgan fingerprint density at radius 2 is 1.64 bits per heavy atom. The fraction of sp³-hybridized carbons (Fsp3) is 0.276. The number of ether oxygens (including phenoxy) is 2. The summed E-state index contributed by atoms with van der Waals surface area (Å²) in [6, 6.07) is 27.0. The molecule has 3 aromatic rings. The number of aliphatic imine (C=N–C) groups is 1. The minimum Gasteiger partial charge on any atom is -0.496 e. The first-order chi connectivity index (χ1) is 17.6. The van der Waals surface area contributed by atoms with E-state index in [4.69, 9.17) is 19.7 Å². The predicted molar refractivity (Wildman–Crippen MR) is 139 cm³/mol. The van der Waals surface area contributed by atoms with Gasteiger partial charge in [-0.1, -0.05) is 60.7 Å². The van der Waals surface area contributed by atoms with E-state index in [9.17, 15) is 4.79 Å². The Morgan fingerprint density at radius 1 is 1.00 bits per heavy atom. The van der Waals surface area contributed by atoms with Crippen LogP contribution in [0.2, 0.25) is 0 Å². The van der Waals surface area contributed by atoms with Gasteiger partial charge in [0, 0.05) is 12.0 Å². The summed E-state index contributed by atoms with van der Waals surface area (Å²) in [7, 11) is 1.57. The van der Waals surface area contributed by atoms with Gasteiger partial charge in [0.15, 0.2) is 6.19 Å². The number of amides is 1. The zero-order valence-corrected chi connectivity index (χ0v) is 20.3. The smallest absolute Gasteiger partial charge is 0.304 e. The molecule has 184 valence electrons. The Hall–Kier alpha value is -4.31. The molecule has 0 bridgehead atoms. The Morgan fingerprint density at radius 3 is 2.31 bits per heavy atom. The first-order valence-corrected chi connectivity index (χ1v) is 12.1. The predicted octanol–water partition coefficient (Wildman–Crippen LogP) is 4.81. The number of nitrogens with one attached hydrogen (secondary N) is 2. The number of nitrogens with zero attached hydrogens (tertiary/aromatic N) is 2. The van der Waals surface area contributed by atoms with Crippen molar-refractivity contribution >= 4 is 11.9 Å². The summed E-state index contributed by atoms with van der Waals surface area (Å²) < 4.78 is 11.2. The normalized spacial score (nSPS) is 19.6. The molecule has 0 heterocycles. The quantitative estimate of drug-likeness (QED) is 0.218. The molecule has 1 aliphatic carbocycles. The maximum atomic E-state index is 13.0. The van der Waals surface area contributed by atoms with Crippen LogP contribution in [0.15, 0.2) is 89.9 Å². The molecule has 36 heavy (non-hydrogen) atoms. The van der Waals surface area contributed by atoms with Crippen molar-refractivity contribution in [1.82, 2.24) is 10.6 Å². The number of para-hydroxylation sites is 2. The van der Waals surface area contributed by atoms with Crippen LogP contribution in [-0.2, 0) is 5.41 Å². The summed E-state index contributed by atoms with van der Waals surface area (Å²) in [5, 5.41) is 14.9. The minimum atomic E-state index is -0.214. The van der Waals surface area contributed by atoms with Crippen molar-refractivity contribution in [2.45, 2.75) is 37.1 Å². The number of hydrogen-bond acceptors (Lipinski definition) is 5. The Bertz CT molecular complexity index is 1210. The van der Waals surface area contributed by atoms with E-state index in [1.807, 2.05) is 66.9 Å². The lowest BCUT2D eigenvalue weighted by molar-refractivity contribution is 0.0932. The van der Waals surface area contributed by atoms with Gasteiger partial charge in [-0.2, -0.15) is 5.26 Å². The first-order valence-electron chi connectivity index (χ1n) is 12.1. The molecule has 7 nitrogen and oxygen atoms in total. The van der Waals surface area contributed by atoms with Crippen LogP contribution in [0.25, 0.3) is 0 Å². The van der Waals surface area contributed by atoms with Crippen LogP contribution in [-0.4, -0.2) is 31.6 Å². The highest BCUT2D eigenvalue weighted by Crippen LogP contribution is 2.40. The van der Waals surface area contributed by atoms with Crippen LogP contribution < -0.4 is 20.1 Å². The van der Waals surface area contributed by atoms with E-state index in [0.29, 0.717) is 23.6 Å². The van der Waals surface area contributed by atoms with Gasteiger partial charge in [0.05, 0.1) is 18.7 Å². The van der Waals surface area contributed by atoms with Crippen molar-refractivity contribution < 1.29 is 14.3 Å².